The quantitative estimate of drug-likeness (QED) is 0.0222. The Labute approximate surface area is 632 Å². The van der Waals surface area contributed by atoms with Crippen molar-refractivity contribution in [1.82, 2.24) is 0 Å². The second-order valence-corrected chi connectivity index (χ2v) is 33.8. The molecule has 0 radical (unpaired) electrons. The first-order chi connectivity index (χ1) is 49.9. The van der Waals surface area contributed by atoms with E-state index in [1.165, 1.54) is 263 Å². The van der Waals surface area contributed by atoms with E-state index in [2.05, 4.69) is 41.5 Å². The Morgan fingerprint density at radius 3 is 0.738 bits per heavy atom. The molecule has 0 aromatic heterocycles. The zero-order valence-electron chi connectivity index (χ0n) is 67.6. The highest BCUT2D eigenvalue weighted by atomic mass is 31.2. The number of esters is 4. The molecule has 0 saturated carbocycles. The van der Waals surface area contributed by atoms with Gasteiger partial charge in [-0.1, -0.05) is 395 Å². The number of rotatable bonds is 83. The first-order valence-electron chi connectivity index (χ1n) is 43.5. The van der Waals surface area contributed by atoms with Gasteiger partial charge in [-0.25, -0.2) is 9.13 Å². The molecule has 0 fully saturated rings. The number of aliphatic hydroxyl groups excluding tert-OH is 1. The number of hydrogen-bond donors (Lipinski definition) is 3. The Bertz CT molecular complexity index is 1980. The summed E-state index contributed by atoms with van der Waals surface area (Å²) in [6.07, 6.45) is 66.5. The lowest BCUT2D eigenvalue weighted by Gasteiger charge is -2.21. The van der Waals surface area contributed by atoms with Crippen molar-refractivity contribution in [3.8, 4) is 0 Å². The Morgan fingerprint density at radius 1 is 0.282 bits per heavy atom. The molecule has 6 atom stereocenters. The van der Waals surface area contributed by atoms with Crippen LogP contribution >= 0.6 is 15.6 Å². The molecule has 17 nitrogen and oxygen atoms in total. The van der Waals surface area contributed by atoms with Crippen molar-refractivity contribution >= 4 is 39.5 Å². The van der Waals surface area contributed by atoms with Gasteiger partial charge in [0, 0.05) is 25.7 Å². The molecule has 0 amide bonds. The smallest absolute Gasteiger partial charge is 0.462 e. The lowest BCUT2D eigenvalue weighted by Crippen LogP contribution is -2.30. The summed E-state index contributed by atoms with van der Waals surface area (Å²) >= 11 is 0. The van der Waals surface area contributed by atoms with Crippen molar-refractivity contribution in [3.63, 3.8) is 0 Å². The fourth-order valence-corrected chi connectivity index (χ4v) is 14.6. The minimum atomic E-state index is -4.96. The number of phosphoric ester groups is 2. The summed E-state index contributed by atoms with van der Waals surface area (Å²) in [5, 5.41) is 10.7. The van der Waals surface area contributed by atoms with Crippen molar-refractivity contribution in [3.05, 3.63) is 0 Å². The Balaban J connectivity index is 5.27. The summed E-state index contributed by atoms with van der Waals surface area (Å²) in [4.78, 5) is 73.2. The van der Waals surface area contributed by atoms with Crippen LogP contribution in [0.1, 0.15) is 446 Å². The van der Waals surface area contributed by atoms with Crippen LogP contribution in [-0.2, 0) is 65.4 Å². The maximum absolute atomic E-state index is 13.1. The van der Waals surface area contributed by atoms with Crippen LogP contribution in [0.4, 0.5) is 0 Å². The SMILES string of the molecule is CCCCCCCCCCCCCCCCCCCCC(=O)O[C@H](COC(=O)CCCCCCCCCCCCCCCCCCC)COP(=O)(O)OC[C@@H](O)COP(=O)(O)OC[C@@H](COC(=O)CCCCCCCCCCC(C)CC)OC(=O)CCCCCCCCCCCCCCCC(C)C. The summed E-state index contributed by atoms with van der Waals surface area (Å²) in [5.41, 5.74) is 0. The van der Waals surface area contributed by atoms with Gasteiger partial charge in [0.25, 0.3) is 0 Å². The molecule has 0 bridgehead atoms. The molecule has 0 aliphatic heterocycles. The van der Waals surface area contributed by atoms with Gasteiger partial charge < -0.3 is 33.8 Å². The van der Waals surface area contributed by atoms with Gasteiger partial charge in [0.15, 0.2) is 12.2 Å². The zero-order chi connectivity index (χ0) is 75.6. The normalized spacial score (nSPS) is 14.1. The Morgan fingerprint density at radius 2 is 0.495 bits per heavy atom. The summed E-state index contributed by atoms with van der Waals surface area (Å²) in [6, 6.07) is 0. The van der Waals surface area contributed by atoms with Gasteiger partial charge in [0.2, 0.25) is 0 Å². The van der Waals surface area contributed by atoms with Gasteiger partial charge in [-0.2, -0.15) is 0 Å². The molecule has 0 heterocycles. The molecule has 0 aromatic rings. The minimum Gasteiger partial charge on any atom is -0.462 e. The molecular weight excluding hydrogens is 1340 g/mol. The number of ether oxygens (including phenoxy) is 4. The second kappa shape index (κ2) is 75.5. The van der Waals surface area contributed by atoms with Crippen molar-refractivity contribution < 1.29 is 80.2 Å². The number of unbranched alkanes of at least 4 members (excludes halogenated alkanes) is 52. The van der Waals surface area contributed by atoms with E-state index in [0.717, 1.165) is 102 Å². The van der Waals surface area contributed by atoms with E-state index in [4.69, 9.17) is 37.0 Å². The fraction of sp³-hybridized carbons (Fsp3) is 0.952. The van der Waals surface area contributed by atoms with Crippen LogP contribution in [-0.4, -0.2) is 96.7 Å². The first kappa shape index (κ1) is 101. The van der Waals surface area contributed by atoms with Crippen LogP contribution in [0, 0.1) is 11.8 Å². The molecule has 0 saturated heterocycles. The fourth-order valence-electron chi connectivity index (χ4n) is 13.0. The van der Waals surface area contributed by atoms with E-state index in [-0.39, 0.29) is 25.7 Å². The molecule has 103 heavy (non-hydrogen) atoms. The number of phosphoric acid groups is 2. The molecule has 0 aromatic carbocycles. The predicted molar refractivity (Wildman–Crippen MR) is 423 cm³/mol. The molecule has 0 aliphatic rings. The topological polar surface area (TPSA) is 237 Å². The monoisotopic (exact) mass is 1510 g/mol. The van der Waals surface area contributed by atoms with Crippen LogP contribution in [0.2, 0.25) is 0 Å². The number of hydrogen-bond acceptors (Lipinski definition) is 15. The van der Waals surface area contributed by atoms with Crippen molar-refractivity contribution in [2.75, 3.05) is 39.6 Å². The van der Waals surface area contributed by atoms with Gasteiger partial charge in [0.1, 0.15) is 19.3 Å². The number of carbonyl (C=O) groups excluding carboxylic acids is 4. The molecule has 0 spiro atoms. The van der Waals surface area contributed by atoms with Crippen LogP contribution in [0.3, 0.4) is 0 Å². The van der Waals surface area contributed by atoms with E-state index in [0.29, 0.717) is 25.7 Å². The van der Waals surface area contributed by atoms with E-state index < -0.39 is 97.5 Å². The summed E-state index contributed by atoms with van der Waals surface area (Å²) in [5.74, 6) is -0.539. The largest absolute Gasteiger partial charge is 0.472 e. The lowest BCUT2D eigenvalue weighted by molar-refractivity contribution is -0.161. The van der Waals surface area contributed by atoms with Gasteiger partial charge in [-0.15, -0.1) is 0 Å². The highest BCUT2D eigenvalue weighted by Gasteiger charge is 2.30. The average Bonchev–Trinajstić information content (AvgIpc) is 0.911. The number of aliphatic hydroxyl groups is 1. The molecule has 3 N–H and O–H groups in total. The molecule has 19 heteroatoms. The zero-order valence-corrected chi connectivity index (χ0v) is 69.4. The van der Waals surface area contributed by atoms with Crippen molar-refractivity contribution in [1.29, 1.82) is 0 Å². The third-order valence-electron chi connectivity index (χ3n) is 20.1. The van der Waals surface area contributed by atoms with Crippen molar-refractivity contribution in [2.45, 2.75) is 464 Å². The standard InChI is InChI=1S/C84H164O17P2/c1-7-10-12-14-16-18-20-22-24-26-28-30-34-38-42-50-56-62-68-83(88)100-79(72-94-81(86)66-60-54-48-41-37-33-29-27-25-23-21-19-17-15-13-11-8-2)74-98-102(90,91)96-70-78(85)71-97-103(92,93)99-75-80(73-95-82(87)67-61-55-49-45-44-47-53-59-65-77(6)9-3)101-84(89)69-63-57-51-43-39-35-31-32-36-40-46-52-58-64-76(4)5/h76-80,85H,7-75H2,1-6H3,(H,90,91)(H,92,93)/t77?,78-,79-,80-/m1/s1. The van der Waals surface area contributed by atoms with Gasteiger partial charge in [-0.05, 0) is 37.5 Å². The van der Waals surface area contributed by atoms with Crippen LogP contribution in [0.25, 0.3) is 0 Å². The summed E-state index contributed by atoms with van der Waals surface area (Å²) in [7, 11) is -9.93. The van der Waals surface area contributed by atoms with E-state index in [1.54, 1.807) is 0 Å². The number of carbonyl (C=O) groups is 4. The van der Waals surface area contributed by atoms with E-state index in [1.807, 2.05) is 0 Å². The summed E-state index contributed by atoms with van der Waals surface area (Å²) in [6.45, 7) is 9.68. The average molecular weight is 1510 g/mol. The molecule has 3 unspecified atom stereocenters. The van der Waals surface area contributed by atoms with Crippen LogP contribution < -0.4 is 0 Å². The molecule has 612 valence electrons. The maximum atomic E-state index is 13.1. The van der Waals surface area contributed by atoms with E-state index in [9.17, 15) is 43.2 Å². The summed E-state index contributed by atoms with van der Waals surface area (Å²) < 4.78 is 68.9. The Kier molecular flexibility index (Phi) is 74.1. The van der Waals surface area contributed by atoms with Gasteiger partial charge in [-0.3, -0.25) is 37.3 Å². The second-order valence-electron chi connectivity index (χ2n) is 30.9. The molecule has 0 rings (SSSR count). The highest BCUT2D eigenvalue weighted by molar-refractivity contribution is 7.47. The van der Waals surface area contributed by atoms with Gasteiger partial charge >= 0.3 is 39.5 Å². The minimum absolute atomic E-state index is 0.107. The van der Waals surface area contributed by atoms with Crippen LogP contribution in [0.5, 0.6) is 0 Å². The van der Waals surface area contributed by atoms with Gasteiger partial charge in [0.05, 0.1) is 26.4 Å². The van der Waals surface area contributed by atoms with E-state index >= 15 is 0 Å². The third kappa shape index (κ3) is 76.6. The maximum Gasteiger partial charge on any atom is 0.472 e. The van der Waals surface area contributed by atoms with Crippen molar-refractivity contribution in [2.24, 2.45) is 11.8 Å². The predicted octanol–water partition coefficient (Wildman–Crippen LogP) is 25.5. The first-order valence-corrected chi connectivity index (χ1v) is 46.5. The third-order valence-corrected chi connectivity index (χ3v) is 22.0. The molecule has 0 aliphatic carbocycles. The van der Waals surface area contributed by atoms with Crippen LogP contribution in [0.15, 0.2) is 0 Å². The lowest BCUT2D eigenvalue weighted by atomic mass is 9.99. The Hall–Kier alpha value is -1.94. The highest BCUT2D eigenvalue weighted by Crippen LogP contribution is 2.45. The molecular formula is C84H164O17P2.